The molecule has 0 saturated heterocycles. The van der Waals surface area contributed by atoms with E-state index >= 15 is 0 Å². The third kappa shape index (κ3) is 4.79. The van der Waals surface area contributed by atoms with Gasteiger partial charge >= 0.3 is 0 Å². The van der Waals surface area contributed by atoms with Gasteiger partial charge in [-0.3, -0.25) is 4.79 Å². The van der Waals surface area contributed by atoms with Crippen LogP contribution >= 0.6 is 0 Å². The highest BCUT2D eigenvalue weighted by Crippen LogP contribution is 2.27. The fourth-order valence-electron chi connectivity index (χ4n) is 2.20. The maximum absolute atomic E-state index is 11.1. The second-order valence-electron chi connectivity index (χ2n) is 4.03. The largest absolute Gasteiger partial charge is 0.519 e. The zero-order valence-corrected chi connectivity index (χ0v) is 11.1. The fraction of sp³-hybridized carbons (Fsp3) is 0.909. The average molecular weight is 216 g/mol. The van der Waals surface area contributed by atoms with Crippen LogP contribution in [0.2, 0.25) is 18.1 Å². The zero-order valence-electron chi connectivity index (χ0n) is 10.1. The lowest BCUT2D eigenvalue weighted by atomic mass is 10.6. The van der Waals surface area contributed by atoms with E-state index in [4.69, 9.17) is 4.43 Å². The van der Waals surface area contributed by atoms with Crippen molar-refractivity contribution in [2.75, 3.05) is 0 Å². The molecule has 0 heterocycles. The highest BCUT2D eigenvalue weighted by Gasteiger charge is 2.34. The number of hydrogen-bond donors (Lipinski definition) is 0. The summed E-state index contributed by atoms with van der Waals surface area (Å²) in [6.45, 7) is 8.08. The van der Waals surface area contributed by atoms with Gasteiger partial charge in [0, 0.05) is 6.92 Å². The van der Waals surface area contributed by atoms with Gasteiger partial charge in [0.1, 0.15) is 0 Å². The van der Waals surface area contributed by atoms with Gasteiger partial charge in [0.2, 0.25) is 0 Å². The molecule has 0 saturated carbocycles. The van der Waals surface area contributed by atoms with Crippen molar-refractivity contribution in [3.8, 4) is 0 Å². The molecule has 2 nitrogen and oxygen atoms in total. The van der Waals surface area contributed by atoms with Crippen molar-refractivity contribution in [1.82, 2.24) is 0 Å². The number of carbonyl (C=O) groups excluding carboxylic acids is 1. The van der Waals surface area contributed by atoms with E-state index in [2.05, 4.69) is 20.8 Å². The molecule has 0 rings (SSSR count). The molecular weight excluding hydrogens is 192 g/mol. The van der Waals surface area contributed by atoms with Crippen LogP contribution in [0.25, 0.3) is 0 Å². The Morgan fingerprint density at radius 2 is 1.36 bits per heavy atom. The molecule has 0 atom stereocenters. The lowest BCUT2D eigenvalue weighted by molar-refractivity contribution is -0.132. The second-order valence-corrected chi connectivity index (χ2v) is 8.10. The van der Waals surface area contributed by atoms with Crippen molar-refractivity contribution < 1.29 is 9.22 Å². The monoisotopic (exact) mass is 216 g/mol. The van der Waals surface area contributed by atoms with Crippen molar-refractivity contribution in [3.63, 3.8) is 0 Å². The van der Waals surface area contributed by atoms with E-state index in [1.54, 1.807) is 6.92 Å². The number of carbonyl (C=O) groups is 1. The molecule has 0 radical (unpaired) electrons. The van der Waals surface area contributed by atoms with Gasteiger partial charge in [0.15, 0.2) is 0 Å². The van der Waals surface area contributed by atoms with Crippen molar-refractivity contribution in [2.45, 2.75) is 65.1 Å². The normalized spacial score (nSPS) is 11.4. The minimum Gasteiger partial charge on any atom is -0.519 e. The van der Waals surface area contributed by atoms with Gasteiger partial charge in [0.25, 0.3) is 14.3 Å². The van der Waals surface area contributed by atoms with Crippen LogP contribution < -0.4 is 0 Å². The first-order valence-electron chi connectivity index (χ1n) is 5.79. The first kappa shape index (κ1) is 13.7. The van der Waals surface area contributed by atoms with Crippen LogP contribution in [-0.4, -0.2) is 14.3 Å². The van der Waals surface area contributed by atoms with Gasteiger partial charge in [-0.1, -0.05) is 40.0 Å². The van der Waals surface area contributed by atoms with Gasteiger partial charge < -0.3 is 4.43 Å². The van der Waals surface area contributed by atoms with Crippen LogP contribution in [0.1, 0.15) is 47.0 Å². The van der Waals surface area contributed by atoms with Crippen LogP contribution in [0, 0.1) is 0 Å². The Morgan fingerprint density at radius 3 is 1.57 bits per heavy atom. The van der Waals surface area contributed by atoms with E-state index in [1.165, 1.54) is 0 Å². The molecule has 14 heavy (non-hydrogen) atoms. The smallest absolute Gasteiger partial charge is 0.289 e. The SMILES string of the molecule is CCC[Si](CCC)(CCC)OC(C)=O. The zero-order chi connectivity index (χ0) is 11.0. The highest BCUT2D eigenvalue weighted by molar-refractivity contribution is 6.75. The third-order valence-electron chi connectivity index (χ3n) is 2.48. The fourth-order valence-corrected chi connectivity index (χ4v) is 6.60. The Hall–Kier alpha value is -0.313. The van der Waals surface area contributed by atoms with E-state index in [9.17, 15) is 4.79 Å². The molecule has 84 valence electrons. The maximum Gasteiger partial charge on any atom is 0.289 e. The van der Waals surface area contributed by atoms with E-state index in [0.29, 0.717) is 0 Å². The summed E-state index contributed by atoms with van der Waals surface area (Å²) in [6.07, 6.45) is 3.42. The van der Waals surface area contributed by atoms with Gasteiger partial charge in [-0.25, -0.2) is 0 Å². The number of rotatable bonds is 7. The molecule has 0 aliphatic rings. The summed E-state index contributed by atoms with van der Waals surface area (Å²) < 4.78 is 5.66. The lowest BCUT2D eigenvalue weighted by Crippen LogP contribution is -2.39. The van der Waals surface area contributed by atoms with Gasteiger partial charge in [0.05, 0.1) is 0 Å². The van der Waals surface area contributed by atoms with Gasteiger partial charge in [-0.15, -0.1) is 0 Å². The predicted octanol–water partition coefficient (Wildman–Crippen LogP) is 3.73. The van der Waals surface area contributed by atoms with E-state index in [1.807, 2.05) is 0 Å². The molecule has 0 spiro atoms. The minimum absolute atomic E-state index is 0.0768. The molecule has 0 unspecified atom stereocenters. The van der Waals surface area contributed by atoms with Crippen molar-refractivity contribution in [2.24, 2.45) is 0 Å². The van der Waals surface area contributed by atoms with E-state index < -0.39 is 8.32 Å². The quantitative estimate of drug-likeness (QED) is 0.606. The second kappa shape index (κ2) is 7.04. The molecular formula is C11H24O2Si. The topological polar surface area (TPSA) is 26.3 Å². The summed E-state index contributed by atoms with van der Waals surface area (Å²) in [5, 5.41) is 0. The Kier molecular flexibility index (Phi) is 6.88. The summed E-state index contributed by atoms with van der Waals surface area (Å²) >= 11 is 0. The molecule has 0 bridgehead atoms. The molecule has 3 heteroatoms. The summed E-state index contributed by atoms with van der Waals surface area (Å²) in [4.78, 5) is 11.1. The van der Waals surface area contributed by atoms with Crippen LogP contribution in [0.5, 0.6) is 0 Å². The molecule has 0 aromatic carbocycles. The molecule has 0 amide bonds. The number of hydrogen-bond acceptors (Lipinski definition) is 2. The van der Waals surface area contributed by atoms with Gasteiger partial charge in [-0.05, 0) is 18.1 Å². The first-order valence-corrected chi connectivity index (χ1v) is 8.32. The van der Waals surface area contributed by atoms with Crippen LogP contribution in [0.3, 0.4) is 0 Å². The Labute approximate surface area is 89.2 Å². The van der Waals surface area contributed by atoms with Crippen LogP contribution in [0.15, 0.2) is 0 Å². The standard InChI is InChI=1S/C11H24O2Si/c1-5-8-14(9-6-2,10-7-3)13-11(4)12/h5-10H2,1-4H3. The predicted molar refractivity (Wildman–Crippen MR) is 62.8 cm³/mol. The Morgan fingerprint density at radius 1 is 1.00 bits per heavy atom. The first-order chi connectivity index (χ1) is 6.60. The van der Waals surface area contributed by atoms with Crippen LogP contribution in [-0.2, 0) is 9.22 Å². The summed E-state index contributed by atoms with van der Waals surface area (Å²) in [5.74, 6) is -0.0768. The van der Waals surface area contributed by atoms with E-state index in [-0.39, 0.29) is 5.97 Å². The molecule has 0 N–H and O–H groups in total. The highest BCUT2D eigenvalue weighted by atomic mass is 28.4. The Balaban J connectivity index is 4.45. The lowest BCUT2D eigenvalue weighted by Gasteiger charge is -2.29. The van der Waals surface area contributed by atoms with Gasteiger partial charge in [-0.2, -0.15) is 0 Å². The van der Waals surface area contributed by atoms with E-state index in [0.717, 1.165) is 37.4 Å². The molecule has 0 aromatic rings. The summed E-state index contributed by atoms with van der Waals surface area (Å²) in [6, 6.07) is 3.40. The molecule has 0 fully saturated rings. The molecule has 0 aliphatic carbocycles. The average Bonchev–Trinajstić information content (AvgIpc) is 2.03. The van der Waals surface area contributed by atoms with Crippen molar-refractivity contribution in [1.29, 1.82) is 0 Å². The maximum atomic E-state index is 11.1. The van der Waals surface area contributed by atoms with Crippen molar-refractivity contribution >= 4 is 14.3 Å². The minimum atomic E-state index is -1.71. The molecule has 0 aromatic heterocycles. The molecule has 0 aliphatic heterocycles. The van der Waals surface area contributed by atoms with Crippen LogP contribution in [0.4, 0.5) is 0 Å². The summed E-state index contributed by atoms with van der Waals surface area (Å²) in [5.41, 5.74) is 0. The third-order valence-corrected chi connectivity index (χ3v) is 7.43. The summed E-state index contributed by atoms with van der Waals surface area (Å²) in [7, 11) is -1.71. The Bertz CT molecular complexity index is 152. The van der Waals surface area contributed by atoms with Crippen molar-refractivity contribution in [3.05, 3.63) is 0 Å².